The second-order valence-corrected chi connectivity index (χ2v) is 3.92. The number of aromatic carboxylic acids is 1. The predicted octanol–water partition coefficient (Wildman–Crippen LogP) is 1.80. The lowest BCUT2D eigenvalue weighted by molar-refractivity contribution is 0.0690. The van der Waals surface area contributed by atoms with Crippen molar-refractivity contribution in [1.82, 2.24) is 4.98 Å². The molecule has 0 radical (unpaired) electrons. The number of carbonyl (C=O) groups excluding carboxylic acids is 1. The van der Waals surface area contributed by atoms with Crippen LogP contribution in [0.4, 0.5) is 0 Å². The molecule has 0 spiro atoms. The summed E-state index contributed by atoms with van der Waals surface area (Å²) in [5.74, 6) is -0.943. The number of thiazole rings is 1. The first-order chi connectivity index (χ1) is 7.02. The Morgan fingerprint density at radius 3 is 2.33 bits per heavy atom. The van der Waals surface area contributed by atoms with E-state index in [0.29, 0.717) is 6.54 Å². The van der Waals surface area contributed by atoms with Crippen LogP contribution >= 0.6 is 11.3 Å². The molecule has 0 atom stereocenters. The Balaban J connectivity index is 0.000000336. The molecule has 0 amide bonds. The van der Waals surface area contributed by atoms with E-state index in [1.54, 1.807) is 20.8 Å². The van der Waals surface area contributed by atoms with Gasteiger partial charge in [-0.15, -0.1) is 11.3 Å². The Kier molecular flexibility index (Phi) is 6.17. The number of isocyanates is 1. The molecule has 0 aliphatic rings. The number of hydrogen-bond acceptors (Lipinski definition) is 5. The van der Waals surface area contributed by atoms with Crippen molar-refractivity contribution in [1.29, 1.82) is 0 Å². The molecule has 0 fully saturated rings. The fraction of sp³-hybridized carbons (Fsp3) is 0.444. The molecule has 0 saturated carbocycles. The zero-order valence-corrected chi connectivity index (χ0v) is 9.59. The van der Waals surface area contributed by atoms with Crippen LogP contribution in [0, 0.1) is 13.8 Å². The lowest BCUT2D eigenvalue weighted by Gasteiger charge is -1.84. The number of nitrogens with zero attached hydrogens (tertiary/aromatic N) is 2. The van der Waals surface area contributed by atoms with Crippen LogP contribution in [0.3, 0.4) is 0 Å². The zero-order valence-electron chi connectivity index (χ0n) is 8.77. The van der Waals surface area contributed by atoms with E-state index in [4.69, 9.17) is 9.90 Å². The number of aliphatic imine (C=N–C) groups is 1. The van der Waals surface area contributed by atoms with Gasteiger partial charge in [-0.2, -0.15) is 0 Å². The van der Waals surface area contributed by atoms with E-state index < -0.39 is 5.97 Å². The van der Waals surface area contributed by atoms with E-state index in [-0.39, 0.29) is 5.69 Å². The third-order valence-corrected chi connectivity index (χ3v) is 2.22. The van der Waals surface area contributed by atoms with Crippen molar-refractivity contribution < 1.29 is 14.7 Å². The standard InChI is InChI=1S/C6H7NO2S.C3H5NO/c1-3-5(6(8)9)7-4(2)10-3;1-2-4-3-5/h1-2H3,(H,8,9);2H2,1H3. The summed E-state index contributed by atoms with van der Waals surface area (Å²) >= 11 is 1.41. The Bertz CT molecular complexity index is 381. The van der Waals surface area contributed by atoms with Gasteiger partial charge in [0.15, 0.2) is 5.69 Å². The van der Waals surface area contributed by atoms with E-state index >= 15 is 0 Å². The smallest absolute Gasteiger partial charge is 0.355 e. The topological polar surface area (TPSA) is 79.6 Å². The number of rotatable bonds is 2. The summed E-state index contributed by atoms with van der Waals surface area (Å²) in [5, 5.41) is 9.32. The van der Waals surface area contributed by atoms with Gasteiger partial charge in [-0.05, 0) is 20.8 Å². The average molecular weight is 228 g/mol. The zero-order chi connectivity index (χ0) is 11.8. The van der Waals surface area contributed by atoms with E-state index in [1.807, 2.05) is 0 Å². The van der Waals surface area contributed by atoms with Crippen molar-refractivity contribution in [2.75, 3.05) is 6.54 Å². The summed E-state index contributed by atoms with van der Waals surface area (Å²) in [6.07, 6.45) is 1.39. The molecule has 5 nitrogen and oxygen atoms in total. The molecule has 1 N–H and O–H groups in total. The van der Waals surface area contributed by atoms with Gasteiger partial charge < -0.3 is 5.11 Å². The first-order valence-electron chi connectivity index (χ1n) is 4.23. The largest absolute Gasteiger partial charge is 0.476 e. The maximum absolute atomic E-state index is 10.4. The maximum atomic E-state index is 10.4. The highest BCUT2D eigenvalue weighted by Gasteiger charge is 2.10. The van der Waals surface area contributed by atoms with E-state index in [9.17, 15) is 4.79 Å². The van der Waals surface area contributed by atoms with Gasteiger partial charge in [0.25, 0.3) is 0 Å². The molecule has 0 unspecified atom stereocenters. The van der Waals surface area contributed by atoms with Crippen LogP contribution in [0.15, 0.2) is 4.99 Å². The second kappa shape index (κ2) is 6.86. The van der Waals surface area contributed by atoms with Crippen LogP contribution in [0.25, 0.3) is 0 Å². The summed E-state index contributed by atoms with van der Waals surface area (Å²) in [6.45, 7) is 5.88. The monoisotopic (exact) mass is 228 g/mol. The van der Waals surface area contributed by atoms with Crippen molar-refractivity contribution in [2.45, 2.75) is 20.8 Å². The van der Waals surface area contributed by atoms with E-state index in [2.05, 4.69) is 9.98 Å². The van der Waals surface area contributed by atoms with Crippen molar-refractivity contribution in [2.24, 2.45) is 4.99 Å². The number of carboxylic acids is 1. The number of aromatic nitrogens is 1. The molecule has 1 rings (SSSR count). The molecule has 1 aromatic heterocycles. The molecule has 6 heteroatoms. The van der Waals surface area contributed by atoms with Crippen LogP contribution in [0.1, 0.15) is 27.3 Å². The SMILES string of the molecule is CCN=C=O.Cc1nc(C(=O)O)c(C)s1. The molecular weight excluding hydrogens is 216 g/mol. The minimum atomic E-state index is -0.943. The first-order valence-corrected chi connectivity index (χ1v) is 5.05. The molecule has 0 saturated heterocycles. The highest BCUT2D eigenvalue weighted by atomic mass is 32.1. The minimum Gasteiger partial charge on any atom is -0.476 e. The van der Waals surface area contributed by atoms with E-state index in [0.717, 1.165) is 9.88 Å². The first kappa shape index (κ1) is 13.5. The van der Waals surface area contributed by atoms with Gasteiger partial charge in [-0.1, -0.05) is 0 Å². The van der Waals surface area contributed by atoms with Crippen LogP contribution in [0.5, 0.6) is 0 Å². The second-order valence-electron chi connectivity index (χ2n) is 2.51. The molecule has 1 heterocycles. The van der Waals surface area contributed by atoms with Crippen LogP contribution < -0.4 is 0 Å². The molecular formula is C9H12N2O3S. The minimum absolute atomic E-state index is 0.183. The van der Waals surface area contributed by atoms with Gasteiger partial charge in [-0.3, -0.25) is 0 Å². The molecule has 0 bridgehead atoms. The molecule has 0 aromatic carbocycles. The Labute approximate surface area is 91.5 Å². The van der Waals surface area contributed by atoms with Crippen molar-refractivity contribution in [3.8, 4) is 0 Å². The lowest BCUT2D eigenvalue weighted by Crippen LogP contribution is -1.98. The van der Waals surface area contributed by atoms with Gasteiger partial charge in [0, 0.05) is 11.4 Å². The van der Waals surface area contributed by atoms with Gasteiger partial charge in [0.2, 0.25) is 6.08 Å². The fourth-order valence-electron chi connectivity index (χ4n) is 0.792. The van der Waals surface area contributed by atoms with Crippen molar-refractivity contribution >= 4 is 23.4 Å². The Morgan fingerprint density at radius 1 is 1.60 bits per heavy atom. The summed E-state index contributed by atoms with van der Waals surface area (Å²) < 4.78 is 0. The number of hydrogen-bond donors (Lipinski definition) is 1. The Morgan fingerprint density at radius 2 is 2.20 bits per heavy atom. The summed E-state index contributed by atoms with van der Waals surface area (Å²) in [6, 6.07) is 0. The highest BCUT2D eigenvalue weighted by molar-refractivity contribution is 7.11. The number of aryl methyl sites for hydroxylation is 2. The third-order valence-electron chi connectivity index (χ3n) is 1.33. The average Bonchev–Trinajstić information content (AvgIpc) is 2.48. The molecule has 0 aliphatic heterocycles. The molecule has 15 heavy (non-hydrogen) atoms. The lowest BCUT2D eigenvalue weighted by atomic mass is 10.4. The fourth-order valence-corrected chi connectivity index (χ4v) is 1.60. The molecule has 1 aromatic rings. The number of carbonyl (C=O) groups is 1. The van der Waals surface area contributed by atoms with Gasteiger partial charge >= 0.3 is 5.97 Å². The van der Waals surface area contributed by atoms with Crippen LogP contribution in [0.2, 0.25) is 0 Å². The molecule has 0 aliphatic carbocycles. The highest BCUT2D eigenvalue weighted by Crippen LogP contribution is 2.15. The van der Waals surface area contributed by atoms with Crippen molar-refractivity contribution in [3.05, 3.63) is 15.6 Å². The summed E-state index contributed by atoms with van der Waals surface area (Å²) in [4.78, 5) is 27.3. The Hall–Kier alpha value is -1.52. The summed E-state index contributed by atoms with van der Waals surface area (Å²) in [5.41, 5.74) is 0.183. The predicted molar refractivity (Wildman–Crippen MR) is 57.2 cm³/mol. The van der Waals surface area contributed by atoms with Gasteiger partial charge in [0.05, 0.1) is 5.01 Å². The van der Waals surface area contributed by atoms with Crippen LogP contribution in [-0.2, 0) is 4.79 Å². The number of carboxylic acid groups (broad SMARTS) is 1. The summed E-state index contributed by atoms with van der Waals surface area (Å²) in [7, 11) is 0. The van der Waals surface area contributed by atoms with Crippen molar-refractivity contribution in [3.63, 3.8) is 0 Å². The van der Waals surface area contributed by atoms with Gasteiger partial charge in [-0.25, -0.2) is 19.6 Å². The molecule has 82 valence electrons. The normalized spacial score (nSPS) is 8.47. The quantitative estimate of drug-likeness (QED) is 0.618. The third kappa shape index (κ3) is 5.05. The van der Waals surface area contributed by atoms with Crippen LogP contribution in [-0.4, -0.2) is 28.7 Å². The van der Waals surface area contributed by atoms with Gasteiger partial charge in [0.1, 0.15) is 0 Å². The van der Waals surface area contributed by atoms with E-state index in [1.165, 1.54) is 17.4 Å². The maximum Gasteiger partial charge on any atom is 0.355 e.